The van der Waals surface area contributed by atoms with E-state index >= 15 is 0 Å². The second-order valence-electron chi connectivity index (χ2n) is 4.07. The van der Waals surface area contributed by atoms with E-state index in [0.29, 0.717) is 16.9 Å². The van der Waals surface area contributed by atoms with Gasteiger partial charge in [0.15, 0.2) is 10.8 Å². The maximum atomic E-state index is 13.0. The zero-order valence-corrected chi connectivity index (χ0v) is 10.8. The van der Waals surface area contributed by atoms with Gasteiger partial charge in [0.1, 0.15) is 5.82 Å². The SMILES string of the molecule is Cc1nn2c(=O)[nH]c(S)nc2c1-c1ccc(F)cc1. The molecule has 2 heterocycles. The number of aromatic amines is 1. The van der Waals surface area contributed by atoms with E-state index in [1.165, 1.54) is 16.6 Å². The highest BCUT2D eigenvalue weighted by atomic mass is 32.1. The van der Waals surface area contributed by atoms with Gasteiger partial charge in [0.2, 0.25) is 0 Å². The smallest absolute Gasteiger partial charge is 0.285 e. The Morgan fingerprint density at radius 1 is 1.32 bits per heavy atom. The Morgan fingerprint density at radius 2 is 2.00 bits per heavy atom. The van der Waals surface area contributed by atoms with Crippen molar-refractivity contribution in [1.29, 1.82) is 0 Å². The monoisotopic (exact) mass is 276 g/mol. The van der Waals surface area contributed by atoms with E-state index in [4.69, 9.17) is 0 Å². The lowest BCUT2D eigenvalue weighted by atomic mass is 10.1. The first-order chi connectivity index (χ1) is 9.06. The summed E-state index contributed by atoms with van der Waals surface area (Å²) in [5.74, 6) is -0.321. The van der Waals surface area contributed by atoms with Crippen LogP contribution >= 0.6 is 12.6 Å². The Bertz CT molecular complexity index is 822. The molecule has 0 aliphatic carbocycles. The van der Waals surface area contributed by atoms with E-state index in [1.54, 1.807) is 19.1 Å². The summed E-state index contributed by atoms with van der Waals surface area (Å²) in [6, 6.07) is 5.96. The molecule has 96 valence electrons. The van der Waals surface area contributed by atoms with Crippen LogP contribution in [-0.4, -0.2) is 19.6 Å². The lowest BCUT2D eigenvalue weighted by molar-refractivity contribution is 0.628. The summed E-state index contributed by atoms with van der Waals surface area (Å²) in [5.41, 5.74) is 2.08. The molecule has 3 rings (SSSR count). The Balaban J connectivity index is 2.37. The van der Waals surface area contributed by atoms with E-state index < -0.39 is 5.69 Å². The second-order valence-corrected chi connectivity index (χ2v) is 4.49. The zero-order chi connectivity index (χ0) is 13.6. The predicted molar refractivity (Wildman–Crippen MR) is 71.0 cm³/mol. The van der Waals surface area contributed by atoms with Crippen molar-refractivity contribution < 1.29 is 4.39 Å². The molecule has 0 bridgehead atoms. The quantitative estimate of drug-likeness (QED) is 0.666. The number of hydrogen-bond acceptors (Lipinski definition) is 4. The number of nitrogens with one attached hydrogen (secondary N) is 1. The molecule has 0 atom stereocenters. The molecular weight excluding hydrogens is 267 g/mol. The van der Waals surface area contributed by atoms with Crippen molar-refractivity contribution in [1.82, 2.24) is 19.6 Å². The van der Waals surface area contributed by atoms with Crippen molar-refractivity contribution >= 4 is 18.3 Å². The van der Waals surface area contributed by atoms with Gasteiger partial charge in [-0.15, -0.1) is 12.6 Å². The van der Waals surface area contributed by atoms with Crippen LogP contribution < -0.4 is 5.69 Å². The van der Waals surface area contributed by atoms with Crippen molar-refractivity contribution in [2.24, 2.45) is 0 Å². The lowest BCUT2D eigenvalue weighted by Gasteiger charge is -2.00. The molecule has 2 aromatic heterocycles. The Hall–Kier alpha value is -2.15. The largest absolute Gasteiger partial charge is 0.350 e. The molecule has 1 N–H and O–H groups in total. The minimum absolute atomic E-state index is 0.209. The topological polar surface area (TPSA) is 63.1 Å². The minimum atomic E-state index is -0.411. The maximum Gasteiger partial charge on any atom is 0.350 e. The number of rotatable bonds is 1. The number of aromatic nitrogens is 4. The van der Waals surface area contributed by atoms with E-state index in [-0.39, 0.29) is 11.0 Å². The van der Waals surface area contributed by atoms with Gasteiger partial charge in [-0.2, -0.15) is 9.61 Å². The van der Waals surface area contributed by atoms with Gasteiger partial charge < -0.3 is 0 Å². The highest BCUT2D eigenvalue weighted by Crippen LogP contribution is 2.26. The number of halogens is 1. The zero-order valence-electron chi connectivity index (χ0n) is 9.88. The first kappa shape index (κ1) is 11.9. The van der Waals surface area contributed by atoms with Gasteiger partial charge in [-0.25, -0.2) is 14.2 Å². The van der Waals surface area contributed by atoms with Crippen molar-refractivity contribution in [3.8, 4) is 11.1 Å². The fraction of sp³-hybridized carbons (Fsp3) is 0.0833. The van der Waals surface area contributed by atoms with Crippen molar-refractivity contribution in [3.05, 3.63) is 46.3 Å². The van der Waals surface area contributed by atoms with E-state index in [2.05, 4.69) is 27.7 Å². The van der Waals surface area contributed by atoms with Crippen LogP contribution in [0.15, 0.2) is 34.2 Å². The lowest BCUT2D eigenvalue weighted by Crippen LogP contribution is -2.18. The van der Waals surface area contributed by atoms with Gasteiger partial charge in [0.25, 0.3) is 0 Å². The van der Waals surface area contributed by atoms with Crippen LogP contribution in [0.1, 0.15) is 5.69 Å². The Labute approximate surface area is 112 Å². The molecule has 0 spiro atoms. The Kier molecular flexibility index (Phi) is 2.63. The second kappa shape index (κ2) is 4.20. The number of fused-ring (bicyclic) bond motifs is 1. The van der Waals surface area contributed by atoms with Crippen LogP contribution in [0.5, 0.6) is 0 Å². The molecule has 0 amide bonds. The summed E-state index contributed by atoms with van der Waals surface area (Å²) in [4.78, 5) is 18.4. The number of H-pyrrole nitrogens is 1. The molecule has 0 saturated carbocycles. The first-order valence-corrected chi connectivity index (χ1v) is 5.95. The molecule has 0 fully saturated rings. The summed E-state index contributed by atoms with van der Waals surface area (Å²) >= 11 is 4.05. The predicted octanol–water partition coefficient (Wildman–Crippen LogP) is 1.82. The van der Waals surface area contributed by atoms with Crippen molar-refractivity contribution in [2.75, 3.05) is 0 Å². The van der Waals surface area contributed by atoms with Gasteiger partial charge in [-0.05, 0) is 24.6 Å². The molecule has 0 saturated heterocycles. The van der Waals surface area contributed by atoms with Crippen molar-refractivity contribution in [2.45, 2.75) is 12.1 Å². The highest BCUT2D eigenvalue weighted by molar-refractivity contribution is 7.80. The minimum Gasteiger partial charge on any atom is -0.285 e. The summed E-state index contributed by atoms with van der Waals surface area (Å²) < 4.78 is 14.1. The molecule has 19 heavy (non-hydrogen) atoms. The number of aryl methyl sites for hydroxylation is 1. The third-order valence-corrected chi connectivity index (χ3v) is 3.00. The van der Waals surface area contributed by atoms with E-state index in [0.717, 1.165) is 5.56 Å². The van der Waals surface area contributed by atoms with E-state index in [9.17, 15) is 9.18 Å². The normalized spacial score (nSPS) is 11.1. The van der Waals surface area contributed by atoms with Gasteiger partial charge >= 0.3 is 5.69 Å². The average molecular weight is 276 g/mol. The number of thiol groups is 1. The van der Waals surface area contributed by atoms with Crippen LogP contribution in [0.25, 0.3) is 16.8 Å². The summed E-state index contributed by atoms with van der Waals surface area (Å²) in [6.07, 6.45) is 0. The number of hydrogen-bond donors (Lipinski definition) is 2. The van der Waals surface area contributed by atoms with Crippen LogP contribution in [0.2, 0.25) is 0 Å². The maximum absolute atomic E-state index is 13.0. The standard InChI is InChI=1S/C12H9FN4OS/c1-6-9(7-2-4-8(13)5-3-7)10-14-11(19)15-12(18)17(10)16-6/h2-5H,1H3,(H2,14,15,18,19). The number of benzene rings is 1. The molecule has 0 aliphatic rings. The molecular formula is C12H9FN4OS. The Morgan fingerprint density at radius 3 is 2.68 bits per heavy atom. The van der Waals surface area contributed by atoms with Gasteiger partial charge in [0.05, 0.1) is 5.69 Å². The highest BCUT2D eigenvalue weighted by Gasteiger charge is 2.15. The molecule has 3 aromatic rings. The van der Waals surface area contributed by atoms with Crippen LogP contribution in [-0.2, 0) is 0 Å². The third kappa shape index (κ3) is 1.91. The molecule has 0 aliphatic heterocycles. The van der Waals surface area contributed by atoms with Crippen LogP contribution in [0.4, 0.5) is 4.39 Å². The van der Waals surface area contributed by atoms with Gasteiger partial charge in [0, 0.05) is 5.56 Å². The summed E-state index contributed by atoms with van der Waals surface area (Å²) in [6.45, 7) is 1.77. The molecule has 7 heteroatoms. The van der Waals surface area contributed by atoms with Crippen LogP contribution in [0, 0.1) is 12.7 Å². The fourth-order valence-electron chi connectivity index (χ4n) is 1.99. The third-order valence-electron chi connectivity index (χ3n) is 2.79. The molecule has 1 aromatic carbocycles. The first-order valence-electron chi connectivity index (χ1n) is 5.51. The molecule has 5 nitrogen and oxygen atoms in total. The van der Waals surface area contributed by atoms with Gasteiger partial charge in [-0.3, -0.25) is 4.98 Å². The summed E-state index contributed by atoms with van der Waals surface area (Å²) in [7, 11) is 0. The van der Waals surface area contributed by atoms with Gasteiger partial charge in [-0.1, -0.05) is 12.1 Å². The number of nitrogens with zero attached hydrogens (tertiary/aromatic N) is 3. The summed E-state index contributed by atoms with van der Waals surface area (Å²) in [5, 5.41) is 4.34. The molecule has 0 radical (unpaired) electrons. The molecule has 0 unspecified atom stereocenters. The van der Waals surface area contributed by atoms with Crippen LogP contribution in [0.3, 0.4) is 0 Å². The van der Waals surface area contributed by atoms with E-state index in [1.807, 2.05) is 0 Å². The fourth-order valence-corrected chi connectivity index (χ4v) is 2.18. The average Bonchev–Trinajstić information content (AvgIpc) is 2.67. The van der Waals surface area contributed by atoms with Crippen molar-refractivity contribution in [3.63, 3.8) is 0 Å².